The number of aliphatic hydroxyl groups excluding tert-OH is 1. The van der Waals surface area contributed by atoms with Crippen molar-refractivity contribution < 1.29 is 5.11 Å². The van der Waals surface area contributed by atoms with Crippen LogP contribution in [-0.2, 0) is 6.54 Å². The first kappa shape index (κ1) is 24.9. The van der Waals surface area contributed by atoms with E-state index < -0.39 is 0 Å². The highest BCUT2D eigenvalue weighted by Gasteiger charge is 2.18. The van der Waals surface area contributed by atoms with Gasteiger partial charge in [0.05, 0.1) is 35.3 Å². The number of hydrogen-bond acceptors (Lipinski definition) is 11. The molecule has 1 saturated carbocycles. The molecule has 0 bridgehead atoms. The molecule has 0 radical (unpaired) electrons. The maximum Gasteiger partial charge on any atom is 0.223 e. The molecule has 1 aliphatic heterocycles. The fraction of sp³-hybridized carbons (Fsp3) is 0.560. The number of β-amino-alcohol motifs (C(OH)–C–C–N with tert-alkyl or cyclic N) is 1. The normalized spacial score (nSPS) is 17.8. The molecule has 0 amide bonds. The Kier molecular flexibility index (Phi) is 8.32. The summed E-state index contributed by atoms with van der Waals surface area (Å²) in [5.74, 6) is 1.38. The Balaban J connectivity index is 1.17. The zero-order chi connectivity index (χ0) is 24.7. The van der Waals surface area contributed by atoms with Crippen LogP contribution in [0.1, 0.15) is 43.5 Å². The molecular formula is C25H35N9OS. The predicted octanol–water partition coefficient (Wildman–Crippen LogP) is 3.30. The number of rotatable bonds is 9. The summed E-state index contributed by atoms with van der Waals surface area (Å²) in [5.41, 5.74) is 2.77. The van der Waals surface area contributed by atoms with Crippen molar-refractivity contribution in [3.8, 4) is 10.6 Å². The Bertz CT molecular complexity index is 1110. The third-order valence-corrected chi connectivity index (χ3v) is 7.69. The van der Waals surface area contributed by atoms with Crippen LogP contribution in [0.25, 0.3) is 10.6 Å². The summed E-state index contributed by atoms with van der Waals surface area (Å²) in [7, 11) is 0. The van der Waals surface area contributed by atoms with Crippen LogP contribution in [-0.4, -0.2) is 85.2 Å². The number of anilines is 3. The smallest absolute Gasteiger partial charge is 0.223 e. The van der Waals surface area contributed by atoms with Crippen LogP contribution in [0.5, 0.6) is 0 Å². The Morgan fingerprint density at radius 3 is 2.53 bits per heavy atom. The monoisotopic (exact) mass is 509 g/mol. The first-order chi connectivity index (χ1) is 17.6. The second-order valence-electron chi connectivity index (χ2n) is 9.59. The molecular weight excluding hydrogens is 474 g/mol. The maximum atomic E-state index is 9.10. The molecule has 0 atom stereocenters. The number of nitrogens with one attached hydrogen (secondary N) is 2. The zero-order valence-electron chi connectivity index (χ0n) is 20.9. The Morgan fingerprint density at radius 1 is 0.972 bits per heavy atom. The van der Waals surface area contributed by atoms with Crippen LogP contribution >= 0.6 is 11.3 Å². The van der Waals surface area contributed by atoms with Gasteiger partial charge < -0.3 is 15.7 Å². The van der Waals surface area contributed by atoms with Crippen LogP contribution in [0.3, 0.4) is 0 Å². The van der Waals surface area contributed by atoms with E-state index in [2.05, 4.69) is 40.4 Å². The van der Waals surface area contributed by atoms with Crippen molar-refractivity contribution in [2.24, 2.45) is 0 Å². The molecule has 2 aliphatic rings. The van der Waals surface area contributed by atoms with Gasteiger partial charge >= 0.3 is 0 Å². The molecule has 5 rings (SSSR count). The van der Waals surface area contributed by atoms with E-state index in [0.717, 1.165) is 66.4 Å². The van der Waals surface area contributed by atoms with Gasteiger partial charge in [-0.15, -0.1) is 0 Å². The molecule has 11 heteroatoms. The SMILES string of the molecule is Cc1cc(-c2cnc(Nc3cnc(CN4CCN(CCO)CC4)cn3)s2)nc(NC2CCCCC2)n1. The average Bonchev–Trinajstić information content (AvgIpc) is 3.35. The van der Waals surface area contributed by atoms with E-state index in [-0.39, 0.29) is 6.61 Å². The lowest BCUT2D eigenvalue weighted by Crippen LogP contribution is -2.46. The minimum atomic E-state index is 0.220. The van der Waals surface area contributed by atoms with E-state index in [4.69, 9.17) is 10.1 Å². The molecule has 0 spiro atoms. The minimum Gasteiger partial charge on any atom is -0.395 e. The summed E-state index contributed by atoms with van der Waals surface area (Å²) in [6.45, 7) is 7.66. The second-order valence-corrected chi connectivity index (χ2v) is 10.6. The number of aliphatic hydroxyl groups is 1. The Labute approximate surface area is 216 Å². The van der Waals surface area contributed by atoms with Gasteiger partial charge in [-0.25, -0.2) is 19.9 Å². The van der Waals surface area contributed by atoms with E-state index >= 15 is 0 Å². The van der Waals surface area contributed by atoms with Crippen molar-refractivity contribution in [2.75, 3.05) is 50.0 Å². The second kappa shape index (κ2) is 12.0. The quantitative estimate of drug-likeness (QED) is 0.397. The number of thiazole rings is 1. The van der Waals surface area contributed by atoms with Crippen molar-refractivity contribution >= 4 is 28.2 Å². The fourth-order valence-corrected chi connectivity index (χ4v) is 5.58. The van der Waals surface area contributed by atoms with Gasteiger partial charge in [-0.2, -0.15) is 0 Å². The largest absolute Gasteiger partial charge is 0.395 e. The summed E-state index contributed by atoms with van der Waals surface area (Å²) < 4.78 is 0. The Morgan fingerprint density at radius 2 is 1.78 bits per heavy atom. The molecule has 4 heterocycles. The molecule has 36 heavy (non-hydrogen) atoms. The van der Waals surface area contributed by atoms with E-state index in [1.54, 1.807) is 17.5 Å². The van der Waals surface area contributed by atoms with Crippen LogP contribution in [0.4, 0.5) is 16.9 Å². The number of aryl methyl sites for hydroxylation is 1. The highest BCUT2D eigenvalue weighted by Crippen LogP contribution is 2.30. The number of piperazine rings is 1. The lowest BCUT2D eigenvalue weighted by Gasteiger charge is -2.34. The summed E-state index contributed by atoms with van der Waals surface area (Å²) in [6, 6.07) is 2.46. The average molecular weight is 510 g/mol. The molecule has 1 aliphatic carbocycles. The third-order valence-electron chi connectivity index (χ3n) is 6.76. The van der Waals surface area contributed by atoms with Crippen LogP contribution in [0.2, 0.25) is 0 Å². The van der Waals surface area contributed by atoms with Crippen molar-refractivity contribution in [3.63, 3.8) is 0 Å². The number of hydrogen-bond donors (Lipinski definition) is 3. The molecule has 2 fully saturated rings. The van der Waals surface area contributed by atoms with Crippen LogP contribution < -0.4 is 10.6 Å². The van der Waals surface area contributed by atoms with Crippen LogP contribution in [0.15, 0.2) is 24.7 Å². The standard InChI is InChI=1S/C25H35N9OS/c1-18-13-21(31-24(29-18)30-19-5-3-2-4-6-19)22-15-28-25(36-22)32-23-16-26-20(14-27-23)17-34-9-7-33(8-10-34)11-12-35/h13-16,19,35H,2-12,17H2,1H3,(H,27,28,32)(H,29,30,31). The van der Waals surface area contributed by atoms with Gasteiger partial charge in [0.25, 0.3) is 0 Å². The van der Waals surface area contributed by atoms with Gasteiger partial charge in [-0.3, -0.25) is 14.8 Å². The maximum absolute atomic E-state index is 9.10. The van der Waals surface area contributed by atoms with Crippen LogP contribution in [0, 0.1) is 6.92 Å². The van der Waals surface area contributed by atoms with Crippen molar-refractivity contribution in [1.82, 2.24) is 34.7 Å². The summed E-state index contributed by atoms with van der Waals surface area (Å²) in [4.78, 5) is 28.7. The molecule has 1 saturated heterocycles. The Hall–Kier alpha value is -2.73. The molecule has 3 aromatic rings. The number of nitrogens with zero attached hydrogens (tertiary/aromatic N) is 7. The highest BCUT2D eigenvalue weighted by molar-refractivity contribution is 7.18. The van der Waals surface area contributed by atoms with Gasteiger partial charge in [-0.1, -0.05) is 30.6 Å². The zero-order valence-corrected chi connectivity index (χ0v) is 21.7. The van der Waals surface area contributed by atoms with Crippen molar-refractivity contribution in [2.45, 2.75) is 51.6 Å². The van der Waals surface area contributed by atoms with Crippen molar-refractivity contribution in [1.29, 1.82) is 0 Å². The van der Waals surface area contributed by atoms with Gasteiger partial charge in [0.2, 0.25) is 5.95 Å². The van der Waals surface area contributed by atoms with E-state index in [0.29, 0.717) is 17.8 Å². The first-order valence-electron chi connectivity index (χ1n) is 12.9. The highest BCUT2D eigenvalue weighted by atomic mass is 32.1. The van der Waals surface area contributed by atoms with Gasteiger partial charge in [0, 0.05) is 57.2 Å². The summed E-state index contributed by atoms with van der Waals surface area (Å²) in [6.07, 6.45) is 11.7. The molecule has 192 valence electrons. The topological polar surface area (TPSA) is 115 Å². The molecule has 3 N–H and O–H groups in total. The lowest BCUT2D eigenvalue weighted by atomic mass is 9.96. The van der Waals surface area contributed by atoms with Gasteiger partial charge in [0.1, 0.15) is 0 Å². The van der Waals surface area contributed by atoms with E-state index in [9.17, 15) is 0 Å². The van der Waals surface area contributed by atoms with Gasteiger partial charge in [-0.05, 0) is 25.8 Å². The van der Waals surface area contributed by atoms with Crippen molar-refractivity contribution in [3.05, 3.63) is 36.0 Å². The van der Waals surface area contributed by atoms with Gasteiger partial charge in [0.15, 0.2) is 10.9 Å². The third kappa shape index (κ3) is 6.73. The van der Waals surface area contributed by atoms with E-state index in [1.807, 2.05) is 25.4 Å². The fourth-order valence-electron chi connectivity index (χ4n) is 4.79. The number of aromatic nitrogens is 5. The minimum absolute atomic E-state index is 0.220. The molecule has 0 aromatic carbocycles. The molecule has 3 aromatic heterocycles. The first-order valence-corrected chi connectivity index (χ1v) is 13.7. The predicted molar refractivity (Wildman–Crippen MR) is 142 cm³/mol. The van der Waals surface area contributed by atoms with E-state index in [1.165, 1.54) is 32.1 Å². The summed E-state index contributed by atoms with van der Waals surface area (Å²) in [5, 5.41) is 16.7. The lowest BCUT2D eigenvalue weighted by molar-refractivity contribution is 0.107. The molecule has 0 unspecified atom stereocenters. The molecule has 10 nitrogen and oxygen atoms in total. The summed E-state index contributed by atoms with van der Waals surface area (Å²) >= 11 is 1.54.